The lowest BCUT2D eigenvalue weighted by atomic mass is 9.79. The Kier molecular flexibility index (Phi) is 7.81. The van der Waals surface area contributed by atoms with Crippen LogP contribution in [0.15, 0.2) is 0 Å². The van der Waals surface area contributed by atoms with Crippen LogP contribution in [0, 0.1) is 11.8 Å². The molecule has 1 saturated carbocycles. The second kappa shape index (κ2) is 8.97. The van der Waals surface area contributed by atoms with E-state index in [-0.39, 0.29) is 0 Å². The summed E-state index contributed by atoms with van der Waals surface area (Å²) < 4.78 is 5.29. The third-order valence-electron chi connectivity index (χ3n) is 3.55. The third-order valence-corrected chi connectivity index (χ3v) is 3.55. The van der Waals surface area contributed by atoms with Gasteiger partial charge in [-0.15, -0.1) is 0 Å². The van der Waals surface area contributed by atoms with Gasteiger partial charge in [-0.1, -0.05) is 12.8 Å². The van der Waals surface area contributed by atoms with Crippen LogP contribution in [0.4, 0.5) is 0 Å². The monoisotopic (exact) mass is 229 g/mol. The van der Waals surface area contributed by atoms with Gasteiger partial charge in [0.1, 0.15) is 0 Å². The summed E-state index contributed by atoms with van der Waals surface area (Å²) in [6.45, 7) is 6.17. The lowest BCUT2D eigenvalue weighted by Gasteiger charge is -2.30. The summed E-state index contributed by atoms with van der Waals surface area (Å²) in [5.41, 5.74) is 0. The van der Waals surface area contributed by atoms with Crippen molar-refractivity contribution in [3.63, 3.8) is 0 Å². The maximum atomic E-state index is 9.29. The van der Waals surface area contributed by atoms with Crippen LogP contribution in [0.2, 0.25) is 0 Å². The van der Waals surface area contributed by atoms with Crippen molar-refractivity contribution in [3.05, 3.63) is 0 Å². The third kappa shape index (κ3) is 5.28. The Morgan fingerprint density at radius 1 is 1.25 bits per heavy atom. The fraction of sp³-hybridized carbons (Fsp3) is 1.00. The van der Waals surface area contributed by atoms with Gasteiger partial charge in [-0.05, 0) is 51.1 Å². The number of rotatable bonds is 8. The molecular weight excluding hydrogens is 202 g/mol. The highest BCUT2D eigenvalue weighted by molar-refractivity contribution is 4.76. The molecule has 3 nitrogen and oxygen atoms in total. The molecule has 0 amide bonds. The molecule has 0 spiro atoms. The first-order valence-corrected chi connectivity index (χ1v) is 6.77. The normalized spacial score (nSPS) is 25.9. The number of aliphatic hydroxyl groups is 1. The zero-order valence-corrected chi connectivity index (χ0v) is 10.6. The SMILES string of the molecule is CCOCCCNCC1CCCCC1CO. The Labute approximate surface area is 99.6 Å². The molecule has 0 saturated heterocycles. The Hall–Kier alpha value is -0.120. The van der Waals surface area contributed by atoms with Gasteiger partial charge in [-0.2, -0.15) is 0 Å². The largest absolute Gasteiger partial charge is 0.396 e. The van der Waals surface area contributed by atoms with Crippen LogP contribution >= 0.6 is 0 Å². The van der Waals surface area contributed by atoms with Crippen LogP contribution < -0.4 is 5.32 Å². The highest BCUT2D eigenvalue weighted by atomic mass is 16.5. The van der Waals surface area contributed by atoms with Crippen LogP contribution in [-0.4, -0.2) is 38.0 Å². The molecule has 0 aliphatic heterocycles. The summed E-state index contributed by atoms with van der Waals surface area (Å²) in [6.07, 6.45) is 6.21. The number of hydrogen-bond donors (Lipinski definition) is 2. The van der Waals surface area contributed by atoms with Gasteiger partial charge in [0, 0.05) is 19.8 Å². The Morgan fingerprint density at radius 3 is 2.69 bits per heavy atom. The molecule has 0 heterocycles. The van der Waals surface area contributed by atoms with Gasteiger partial charge in [0.05, 0.1) is 0 Å². The van der Waals surface area contributed by atoms with Crippen molar-refractivity contribution in [2.45, 2.75) is 39.0 Å². The molecule has 2 N–H and O–H groups in total. The average Bonchev–Trinajstić information content (AvgIpc) is 2.34. The molecule has 0 bridgehead atoms. The van der Waals surface area contributed by atoms with E-state index >= 15 is 0 Å². The molecule has 2 atom stereocenters. The summed E-state index contributed by atoms with van der Waals surface area (Å²) in [5.74, 6) is 1.22. The van der Waals surface area contributed by atoms with E-state index < -0.39 is 0 Å². The van der Waals surface area contributed by atoms with Crippen LogP contribution in [0.3, 0.4) is 0 Å². The zero-order valence-electron chi connectivity index (χ0n) is 10.6. The lowest BCUT2D eigenvalue weighted by molar-refractivity contribution is 0.129. The van der Waals surface area contributed by atoms with Gasteiger partial charge < -0.3 is 15.2 Å². The summed E-state index contributed by atoms with van der Waals surface area (Å²) in [7, 11) is 0. The minimum atomic E-state index is 0.366. The van der Waals surface area contributed by atoms with Crippen LogP contribution in [0.1, 0.15) is 39.0 Å². The van der Waals surface area contributed by atoms with Gasteiger partial charge in [0.15, 0.2) is 0 Å². The fourth-order valence-corrected chi connectivity index (χ4v) is 2.52. The van der Waals surface area contributed by atoms with Gasteiger partial charge >= 0.3 is 0 Å². The molecule has 1 rings (SSSR count). The number of ether oxygens (including phenoxy) is 1. The van der Waals surface area contributed by atoms with Crippen molar-refractivity contribution in [1.29, 1.82) is 0 Å². The van der Waals surface area contributed by atoms with E-state index in [1.165, 1.54) is 25.7 Å². The van der Waals surface area contributed by atoms with Crippen LogP contribution in [-0.2, 0) is 4.74 Å². The van der Waals surface area contributed by atoms with Crippen molar-refractivity contribution in [2.75, 3.05) is 32.9 Å². The fourth-order valence-electron chi connectivity index (χ4n) is 2.52. The molecule has 0 aromatic heterocycles. The van der Waals surface area contributed by atoms with Gasteiger partial charge in [-0.3, -0.25) is 0 Å². The quantitative estimate of drug-likeness (QED) is 0.624. The van der Waals surface area contributed by atoms with Crippen molar-refractivity contribution in [3.8, 4) is 0 Å². The first kappa shape index (κ1) is 13.9. The van der Waals surface area contributed by atoms with Gasteiger partial charge in [0.25, 0.3) is 0 Å². The van der Waals surface area contributed by atoms with E-state index in [1.807, 2.05) is 6.92 Å². The zero-order chi connectivity index (χ0) is 11.6. The van der Waals surface area contributed by atoms with E-state index in [1.54, 1.807) is 0 Å². The summed E-state index contributed by atoms with van der Waals surface area (Å²) >= 11 is 0. The molecule has 16 heavy (non-hydrogen) atoms. The molecule has 1 fully saturated rings. The van der Waals surface area contributed by atoms with Crippen LogP contribution in [0.25, 0.3) is 0 Å². The average molecular weight is 229 g/mol. The molecule has 2 unspecified atom stereocenters. The highest BCUT2D eigenvalue weighted by Crippen LogP contribution is 2.28. The maximum Gasteiger partial charge on any atom is 0.0477 e. The lowest BCUT2D eigenvalue weighted by Crippen LogP contribution is -2.33. The highest BCUT2D eigenvalue weighted by Gasteiger charge is 2.23. The van der Waals surface area contributed by atoms with Crippen molar-refractivity contribution >= 4 is 0 Å². The first-order chi connectivity index (χ1) is 7.88. The topological polar surface area (TPSA) is 41.5 Å². The minimum Gasteiger partial charge on any atom is -0.396 e. The molecule has 1 aliphatic rings. The molecular formula is C13H27NO2. The Bertz CT molecular complexity index is 164. The molecule has 0 radical (unpaired) electrons. The number of hydrogen-bond acceptors (Lipinski definition) is 3. The predicted molar refractivity (Wildman–Crippen MR) is 66.5 cm³/mol. The van der Waals surface area contributed by atoms with Gasteiger partial charge in [-0.25, -0.2) is 0 Å². The summed E-state index contributed by atoms with van der Waals surface area (Å²) in [6, 6.07) is 0. The standard InChI is InChI=1S/C13H27NO2/c1-2-16-9-5-8-14-10-12-6-3-4-7-13(12)11-15/h12-15H,2-11H2,1H3. The maximum absolute atomic E-state index is 9.29. The number of nitrogens with one attached hydrogen (secondary N) is 1. The number of aliphatic hydroxyl groups excluding tert-OH is 1. The second-order valence-corrected chi connectivity index (χ2v) is 4.74. The van der Waals surface area contributed by atoms with Crippen molar-refractivity contribution in [2.24, 2.45) is 11.8 Å². The molecule has 96 valence electrons. The van der Waals surface area contributed by atoms with Crippen molar-refractivity contribution < 1.29 is 9.84 Å². The molecule has 3 heteroatoms. The predicted octanol–water partition coefficient (Wildman–Crippen LogP) is 1.80. The van der Waals surface area contributed by atoms with E-state index in [0.29, 0.717) is 18.4 Å². The molecule has 1 aliphatic carbocycles. The molecule has 0 aromatic carbocycles. The molecule has 0 aromatic rings. The van der Waals surface area contributed by atoms with Crippen LogP contribution in [0.5, 0.6) is 0 Å². The minimum absolute atomic E-state index is 0.366. The van der Waals surface area contributed by atoms with E-state index in [2.05, 4.69) is 5.32 Å². The smallest absolute Gasteiger partial charge is 0.0477 e. The summed E-state index contributed by atoms with van der Waals surface area (Å²) in [4.78, 5) is 0. The van der Waals surface area contributed by atoms with E-state index in [0.717, 1.165) is 32.7 Å². The van der Waals surface area contributed by atoms with E-state index in [9.17, 15) is 5.11 Å². The summed E-state index contributed by atoms with van der Waals surface area (Å²) in [5, 5.41) is 12.8. The first-order valence-electron chi connectivity index (χ1n) is 6.77. The van der Waals surface area contributed by atoms with Crippen molar-refractivity contribution in [1.82, 2.24) is 5.32 Å². The Balaban J connectivity index is 2.02. The second-order valence-electron chi connectivity index (χ2n) is 4.74. The van der Waals surface area contributed by atoms with Gasteiger partial charge in [0.2, 0.25) is 0 Å². The van der Waals surface area contributed by atoms with E-state index in [4.69, 9.17) is 4.74 Å². The Morgan fingerprint density at radius 2 is 2.00 bits per heavy atom.